The first-order chi connectivity index (χ1) is 8.05. The van der Waals surface area contributed by atoms with E-state index in [2.05, 4.69) is 25.2 Å². The third-order valence-electron chi connectivity index (χ3n) is 4.40. The zero-order chi connectivity index (χ0) is 12.5. The van der Waals surface area contributed by atoms with E-state index in [1.165, 1.54) is 19.3 Å². The Kier molecular flexibility index (Phi) is 3.42. The lowest BCUT2D eigenvalue weighted by molar-refractivity contribution is -0.134. The number of carbonyl (C=O) groups excluding carboxylic acids is 1. The fourth-order valence-electron chi connectivity index (χ4n) is 3.37. The van der Waals surface area contributed by atoms with Crippen molar-refractivity contribution < 1.29 is 4.79 Å². The Morgan fingerprint density at radius 3 is 2.53 bits per heavy atom. The number of nitrogens with zero attached hydrogens (tertiary/aromatic N) is 1. The molecule has 0 aliphatic heterocycles. The summed E-state index contributed by atoms with van der Waals surface area (Å²) < 4.78 is 0. The maximum atomic E-state index is 12.0. The van der Waals surface area contributed by atoms with E-state index in [0.717, 1.165) is 25.3 Å². The van der Waals surface area contributed by atoms with Gasteiger partial charge in [0, 0.05) is 6.54 Å². The summed E-state index contributed by atoms with van der Waals surface area (Å²) in [6, 6.07) is 2.22. The highest BCUT2D eigenvalue weighted by molar-refractivity contribution is 5.86. The van der Waals surface area contributed by atoms with Crippen molar-refractivity contribution in [1.29, 1.82) is 5.26 Å². The van der Waals surface area contributed by atoms with Gasteiger partial charge in [0.2, 0.25) is 5.91 Å². The SMILES string of the molecule is CC1CCC(CNC(=O)C2(C#N)CC(C)C2)C1. The Morgan fingerprint density at radius 1 is 1.35 bits per heavy atom. The highest BCUT2D eigenvalue weighted by Crippen LogP contribution is 2.45. The average Bonchev–Trinajstić information content (AvgIpc) is 2.67. The molecule has 3 heteroatoms. The Labute approximate surface area is 104 Å². The summed E-state index contributed by atoms with van der Waals surface area (Å²) in [7, 11) is 0. The van der Waals surface area contributed by atoms with Crippen molar-refractivity contribution in [3.63, 3.8) is 0 Å². The van der Waals surface area contributed by atoms with Gasteiger partial charge >= 0.3 is 0 Å². The van der Waals surface area contributed by atoms with Gasteiger partial charge in [0.25, 0.3) is 0 Å². The molecule has 2 fully saturated rings. The van der Waals surface area contributed by atoms with Gasteiger partial charge in [-0.3, -0.25) is 4.79 Å². The van der Waals surface area contributed by atoms with Gasteiger partial charge in [0.15, 0.2) is 0 Å². The highest BCUT2D eigenvalue weighted by Gasteiger charge is 2.48. The van der Waals surface area contributed by atoms with Gasteiger partial charge in [0.05, 0.1) is 6.07 Å². The third-order valence-corrected chi connectivity index (χ3v) is 4.40. The standard InChI is InChI=1S/C14H22N2O/c1-10-3-4-12(5-10)8-16-13(17)14(9-15)6-11(2)7-14/h10-12H,3-8H2,1-2H3,(H,16,17). The summed E-state index contributed by atoms with van der Waals surface area (Å²) in [4.78, 5) is 12.0. The molecule has 0 aromatic heterocycles. The minimum absolute atomic E-state index is 0.0300. The smallest absolute Gasteiger partial charge is 0.240 e. The Morgan fingerprint density at radius 2 is 2.06 bits per heavy atom. The molecule has 17 heavy (non-hydrogen) atoms. The van der Waals surface area contributed by atoms with Crippen LogP contribution in [0.5, 0.6) is 0 Å². The molecule has 2 aliphatic carbocycles. The molecule has 0 aromatic carbocycles. The minimum Gasteiger partial charge on any atom is -0.354 e. The maximum Gasteiger partial charge on any atom is 0.240 e. The van der Waals surface area contributed by atoms with Crippen LogP contribution in [0, 0.1) is 34.5 Å². The number of nitriles is 1. The van der Waals surface area contributed by atoms with Crippen LogP contribution in [0.4, 0.5) is 0 Å². The molecule has 2 rings (SSSR count). The maximum absolute atomic E-state index is 12.0. The average molecular weight is 234 g/mol. The molecular formula is C14H22N2O. The van der Waals surface area contributed by atoms with Gasteiger partial charge < -0.3 is 5.32 Å². The Hall–Kier alpha value is -1.04. The molecule has 2 aliphatic rings. The van der Waals surface area contributed by atoms with Gasteiger partial charge in [-0.25, -0.2) is 0 Å². The number of carbonyl (C=O) groups is 1. The van der Waals surface area contributed by atoms with Crippen molar-refractivity contribution in [2.45, 2.75) is 46.0 Å². The summed E-state index contributed by atoms with van der Waals surface area (Å²) in [5.41, 5.74) is -0.705. The third kappa shape index (κ3) is 2.46. The first-order valence-corrected chi connectivity index (χ1v) is 6.75. The lowest BCUT2D eigenvalue weighted by atomic mass is 9.63. The zero-order valence-electron chi connectivity index (χ0n) is 10.8. The normalized spacial score (nSPS) is 40.4. The van der Waals surface area contributed by atoms with Crippen LogP contribution in [0.3, 0.4) is 0 Å². The molecule has 3 nitrogen and oxygen atoms in total. The first-order valence-electron chi connectivity index (χ1n) is 6.75. The molecule has 0 bridgehead atoms. The largest absolute Gasteiger partial charge is 0.354 e. The monoisotopic (exact) mass is 234 g/mol. The van der Waals surface area contributed by atoms with Crippen LogP contribution in [0.15, 0.2) is 0 Å². The molecule has 94 valence electrons. The van der Waals surface area contributed by atoms with Crippen LogP contribution in [-0.4, -0.2) is 12.5 Å². The van der Waals surface area contributed by atoms with E-state index in [4.69, 9.17) is 5.26 Å². The van der Waals surface area contributed by atoms with Crippen molar-refractivity contribution in [2.24, 2.45) is 23.2 Å². The van der Waals surface area contributed by atoms with E-state index in [1.807, 2.05) is 0 Å². The summed E-state index contributed by atoms with van der Waals surface area (Å²) in [6.07, 6.45) is 5.18. The molecule has 1 N–H and O–H groups in total. The summed E-state index contributed by atoms with van der Waals surface area (Å²) in [5, 5.41) is 12.1. The molecule has 0 heterocycles. The van der Waals surface area contributed by atoms with E-state index >= 15 is 0 Å². The molecule has 2 atom stereocenters. The molecule has 0 radical (unpaired) electrons. The molecular weight excluding hydrogens is 212 g/mol. The summed E-state index contributed by atoms with van der Waals surface area (Å²) in [6.45, 7) is 5.13. The van der Waals surface area contributed by atoms with Crippen molar-refractivity contribution in [3.05, 3.63) is 0 Å². The van der Waals surface area contributed by atoms with Gasteiger partial charge in [-0.05, 0) is 43.4 Å². The van der Waals surface area contributed by atoms with Gasteiger partial charge in [-0.15, -0.1) is 0 Å². The minimum atomic E-state index is -0.705. The first kappa shape index (κ1) is 12.4. The zero-order valence-corrected chi connectivity index (χ0v) is 10.8. The second-order valence-electron chi connectivity index (χ2n) is 6.20. The highest BCUT2D eigenvalue weighted by atomic mass is 16.2. The van der Waals surface area contributed by atoms with Gasteiger partial charge in [0.1, 0.15) is 5.41 Å². The van der Waals surface area contributed by atoms with Crippen LogP contribution in [0.1, 0.15) is 46.0 Å². The lowest BCUT2D eigenvalue weighted by Crippen LogP contribution is -2.49. The van der Waals surface area contributed by atoms with Crippen LogP contribution >= 0.6 is 0 Å². The van der Waals surface area contributed by atoms with Crippen molar-refractivity contribution in [1.82, 2.24) is 5.32 Å². The topological polar surface area (TPSA) is 52.9 Å². The quantitative estimate of drug-likeness (QED) is 0.815. The number of hydrogen-bond donors (Lipinski definition) is 1. The van der Waals surface area contributed by atoms with Crippen LogP contribution in [0.25, 0.3) is 0 Å². The number of nitrogens with one attached hydrogen (secondary N) is 1. The van der Waals surface area contributed by atoms with Crippen LogP contribution in [0.2, 0.25) is 0 Å². The van der Waals surface area contributed by atoms with E-state index < -0.39 is 5.41 Å². The predicted octanol–water partition coefficient (Wildman–Crippen LogP) is 2.48. The fraction of sp³-hybridized carbons (Fsp3) is 0.857. The van der Waals surface area contributed by atoms with E-state index in [0.29, 0.717) is 11.8 Å². The lowest BCUT2D eigenvalue weighted by Gasteiger charge is -2.39. The van der Waals surface area contributed by atoms with E-state index in [9.17, 15) is 4.79 Å². The molecule has 1 amide bonds. The number of rotatable bonds is 3. The summed E-state index contributed by atoms with van der Waals surface area (Å²) in [5.74, 6) is 1.91. The second kappa shape index (κ2) is 4.68. The van der Waals surface area contributed by atoms with Crippen molar-refractivity contribution in [2.75, 3.05) is 6.54 Å². The molecule has 2 unspecified atom stereocenters. The van der Waals surface area contributed by atoms with Crippen LogP contribution in [-0.2, 0) is 4.79 Å². The van der Waals surface area contributed by atoms with E-state index in [1.54, 1.807) is 0 Å². The van der Waals surface area contributed by atoms with Gasteiger partial charge in [-0.1, -0.05) is 20.3 Å². The molecule has 2 saturated carbocycles. The molecule has 0 spiro atoms. The number of amides is 1. The predicted molar refractivity (Wildman–Crippen MR) is 66.0 cm³/mol. The van der Waals surface area contributed by atoms with Crippen molar-refractivity contribution >= 4 is 5.91 Å². The summed E-state index contributed by atoms with van der Waals surface area (Å²) >= 11 is 0. The Balaban J connectivity index is 1.80. The Bertz CT molecular complexity index is 339. The molecule has 0 aromatic rings. The van der Waals surface area contributed by atoms with Crippen LogP contribution < -0.4 is 5.32 Å². The number of hydrogen-bond acceptors (Lipinski definition) is 2. The van der Waals surface area contributed by atoms with E-state index in [-0.39, 0.29) is 5.91 Å². The van der Waals surface area contributed by atoms with Crippen molar-refractivity contribution in [3.8, 4) is 6.07 Å². The molecule has 0 saturated heterocycles. The fourth-order valence-corrected chi connectivity index (χ4v) is 3.37. The van der Waals surface area contributed by atoms with Gasteiger partial charge in [-0.2, -0.15) is 5.26 Å². The second-order valence-corrected chi connectivity index (χ2v) is 6.20.